The van der Waals surface area contributed by atoms with Gasteiger partial charge in [-0.05, 0) is 68.1 Å². The fourth-order valence-electron chi connectivity index (χ4n) is 1.56. The van der Waals surface area contributed by atoms with Crippen LogP contribution < -0.4 is 0 Å². The second kappa shape index (κ2) is 4.92. The van der Waals surface area contributed by atoms with Crippen LogP contribution in [0.25, 0.3) is 0 Å². The Labute approximate surface area is 115 Å². The molecule has 0 amide bonds. The van der Waals surface area contributed by atoms with E-state index in [9.17, 15) is 9.50 Å². The first kappa shape index (κ1) is 12.8. The van der Waals surface area contributed by atoms with E-state index in [1.54, 1.807) is 12.1 Å². The lowest BCUT2D eigenvalue weighted by Gasteiger charge is -2.11. The molecule has 0 radical (unpaired) electrons. The van der Waals surface area contributed by atoms with Gasteiger partial charge < -0.3 is 9.52 Å². The molecule has 0 aliphatic carbocycles. The number of aliphatic hydroxyl groups excluding tert-OH is 1. The number of hydrogen-bond donors (Lipinski definition) is 1. The van der Waals surface area contributed by atoms with E-state index in [0.717, 1.165) is 5.56 Å². The van der Waals surface area contributed by atoms with E-state index in [4.69, 9.17) is 4.42 Å². The highest BCUT2D eigenvalue weighted by Gasteiger charge is 2.19. The second-order valence-electron chi connectivity index (χ2n) is 3.67. The Balaban J connectivity index is 2.42. The van der Waals surface area contributed by atoms with Gasteiger partial charge in [-0.15, -0.1) is 0 Å². The smallest absolute Gasteiger partial charge is 0.183 e. The first-order chi connectivity index (χ1) is 7.99. The fourth-order valence-corrected chi connectivity index (χ4v) is 2.17. The normalized spacial score (nSPS) is 12.8. The van der Waals surface area contributed by atoms with Gasteiger partial charge >= 0.3 is 0 Å². The van der Waals surface area contributed by atoms with Gasteiger partial charge in [0.2, 0.25) is 0 Å². The third-order valence-electron chi connectivity index (χ3n) is 2.47. The summed E-state index contributed by atoms with van der Waals surface area (Å²) in [6.07, 6.45) is -0.978. The van der Waals surface area contributed by atoms with E-state index in [1.165, 1.54) is 12.1 Å². The van der Waals surface area contributed by atoms with E-state index in [2.05, 4.69) is 31.9 Å². The molecule has 2 aromatic rings. The molecule has 0 saturated carbocycles. The molecule has 90 valence electrons. The molecular weight excluding hydrogens is 355 g/mol. The summed E-state index contributed by atoms with van der Waals surface area (Å²) in [6.45, 7) is 1.81. The molecule has 0 spiro atoms. The lowest BCUT2D eigenvalue weighted by Crippen LogP contribution is -2.01. The maximum Gasteiger partial charge on any atom is 0.183 e. The van der Waals surface area contributed by atoms with E-state index in [0.29, 0.717) is 20.5 Å². The van der Waals surface area contributed by atoms with E-state index in [-0.39, 0.29) is 5.82 Å². The van der Waals surface area contributed by atoms with E-state index < -0.39 is 6.10 Å². The number of aliphatic hydroxyl groups is 1. The number of benzene rings is 1. The van der Waals surface area contributed by atoms with Crippen molar-refractivity contribution < 1.29 is 13.9 Å². The summed E-state index contributed by atoms with van der Waals surface area (Å²) in [4.78, 5) is 0. The molecule has 1 N–H and O–H groups in total. The topological polar surface area (TPSA) is 33.4 Å². The molecule has 5 heteroatoms. The highest BCUT2D eigenvalue weighted by Crippen LogP contribution is 2.33. The third-order valence-corrected chi connectivity index (χ3v) is 4.18. The second-order valence-corrected chi connectivity index (χ2v) is 5.25. The molecule has 0 saturated heterocycles. The quantitative estimate of drug-likeness (QED) is 0.861. The lowest BCUT2D eigenvalue weighted by molar-refractivity contribution is 0.186. The Morgan fingerprint density at radius 2 is 2.00 bits per heavy atom. The molecule has 0 aliphatic rings. The zero-order valence-electron chi connectivity index (χ0n) is 8.88. The molecule has 1 heterocycles. The predicted molar refractivity (Wildman–Crippen MR) is 69.3 cm³/mol. The van der Waals surface area contributed by atoms with Crippen molar-refractivity contribution in [1.29, 1.82) is 0 Å². The average molecular weight is 364 g/mol. The lowest BCUT2D eigenvalue weighted by atomic mass is 10.0. The summed E-state index contributed by atoms with van der Waals surface area (Å²) in [7, 11) is 0. The average Bonchev–Trinajstić information content (AvgIpc) is 2.62. The SMILES string of the molecule is Cc1ccc(F)cc1C(O)c1cc(Br)c(Br)o1. The van der Waals surface area contributed by atoms with Crippen molar-refractivity contribution in [3.05, 3.63) is 56.1 Å². The minimum Gasteiger partial charge on any atom is -0.450 e. The van der Waals surface area contributed by atoms with Gasteiger partial charge in [0, 0.05) is 0 Å². The Morgan fingerprint density at radius 1 is 1.29 bits per heavy atom. The summed E-state index contributed by atoms with van der Waals surface area (Å²) in [5, 5.41) is 10.1. The van der Waals surface area contributed by atoms with Crippen LogP contribution in [0.1, 0.15) is 23.0 Å². The number of halogens is 3. The third kappa shape index (κ3) is 2.61. The number of aryl methyl sites for hydroxylation is 1. The van der Waals surface area contributed by atoms with Crippen molar-refractivity contribution in [1.82, 2.24) is 0 Å². The molecule has 2 rings (SSSR count). The minimum atomic E-state index is -0.978. The van der Waals surface area contributed by atoms with Crippen LogP contribution in [0, 0.1) is 12.7 Å². The van der Waals surface area contributed by atoms with Crippen molar-refractivity contribution in [3.63, 3.8) is 0 Å². The monoisotopic (exact) mass is 362 g/mol. The predicted octanol–water partition coefficient (Wildman–Crippen LogP) is 4.33. The van der Waals surface area contributed by atoms with Crippen molar-refractivity contribution in [3.8, 4) is 0 Å². The highest BCUT2D eigenvalue weighted by molar-refractivity contribution is 9.13. The Hall–Kier alpha value is -0.650. The Morgan fingerprint density at radius 3 is 2.59 bits per heavy atom. The van der Waals surface area contributed by atoms with Crippen molar-refractivity contribution in [2.24, 2.45) is 0 Å². The Bertz CT molecular complexity index is 532. The summed E-state index contributed by atoms with van der Waals surface area (Å²) in [6, 6.07) is 5.95. The molecule has 2 nitrogen and oxygen atoms in total. The van der Waals surface area contributed by atoms with Crippen LogP contribution in [-0.4, -0.2) is 5.11 Å². The van der Waals surface area contributed by atoms with Crippen LogP contribution in [0.15, 0.2) is 37.8 Å². The highest BCUT2D eigenvalue weighted by atomic mass is 79.9. The van der Waals surface area contributed by atoms with Crippen LogP contribution in [-0.2, 0) is 0 Å². The molecule has 0 bridgehead atoms. The number of rotatable bonds is 2. The van der Waals surface area contributed by atoms with E-state index in [1.807, 2.05) is 6.92 Å². The molecule has 1 atom stereocenters. The van der Waals surface area contributed by atoms with Gasteiger partial charge in [0.15, 0.2) is 4.67 Å². The van der Waals surface area contributed by atoms with Crippen LogP contribution >= 0.6 is 31.9 Å². The molecule has 17 heavy (non-hydrogen) atoms. The van der Waals surface area contributed by atoms with Gasteiger partial charge in [-0.25, -0.2) is 4.39 Å². The van der Waals surface area contributed by atoms with Gasteiger partial charge in [-0.1, -0.05) is 6.07 Å². The van der Waals surface area contributed by atoms with Gasteiger partial charge in [0.1, 0.15) is 17.7 Å². The van der Waals surface area contributed by atoms with Gasteiger partial charge in [0.05, 0.1) is 4.47 Å². The maximum absolute atomic E-state index is 13.1. The molecule has 1 unspecified atom stereocenters. The minimum absolute atomic E-state index is 0.359. The molecule has 1 aromatic heterocycles. The van der Waals surface area contributed by atoms with Crippen molar-refractivity contribution in [2.75, 3.05) is 0 Å². The van der Waals surface area contributed by atoms with Crippen LogP contribution in [0.4, 0.5) is 4.39 Å². The summed E-state index contributed by atoms with van der Waals surface area (Å²) in [5.74, 6) is -0.0215. The first-order valence-corrected chi connectivity index (χ1v) is 6.46. The molecule has 1 aromatic carbocycles. The summed E-state index contributed by atoms with van der Waals surface area (Å²) in [5.41, 5.74) is 1.31. The molecule has 0 aliphatic heterocycles. The summed E-state index contributed by atoms with van der Waals surface area (Å²) < 4.78 is 19.7. The standard InChI is InChI=1S/C12H9Br2FO2/c1-6-2-3-7(15)4-8(6)11(16)10-5-9(13)12(14)17-10/h2-5,11,16H,1H3. The first-order valence-electron chi connectivity index (χ1n) is 4.88. The van der Waals surface area contributed by atoms with Crippen LogP contribution in [0.5, 0.6) is 0 Å². The van der Waals surface area contributed by atoms with Crippen LogP contribution in [0.3, 0.4) is 0 Å². The summed E-state index contributed by atoms with van der Waals surface area (Å²) >= 11 is 6.46. The van der Waals surface area contributed by atoms with Crippen molar-refractivity contribution in [2.45, 2.75) is 13.0 Å². The van der Waals surface area contributed by atoms with Gasteiger partial charge in [-0.2, -0.15) is 0 Å². The number of hydrogen-bond acceptors (Lipinski definition) is 2. The zero-order chi connectivity index (χ0) is 12.6. The molecule has 0 fully saturated rings. The van der Waals surface area contributed by atoms with Crippen LogP contribution in [0.2, 0.25) is 0 Å². The van der Waals surface area contributed by atoms with Gasteiger partial charge in [-0.3, -0.25) is 0 Å². The largest absolute Gasteiger partial charge is 0.450 e. The maximum atomic E-state index is 13.1. The zero-order valence-corrected chi connectivity index (χ0v) is 12.0. The Kier molecular flexibility index (Phi) is 3.70. The molecular formula is C12H9Br2FO2. The van der Waals surface area contributed by atoms with Crippen molar-refractivity contribution >= 4 is 31.9 Å². The number of furan rings is 1. The van der Waals surface area contributed by atoms with Gasteiger partial charge in [0.25, 0.3) is 0 Å². The fraction of sp³-hybridized carbons (Fsp3) is 0.167. The van der Waals surface area contributed by atoms with E-state index >= 15 is 0 Å².